The maximum atomic E-state index is 12.7. The maximum Gasteiger partial charge on any atom is 0.243 e. The molecule has 1 aromatic carbocycles. The van der Waals surface area contributed by atoms with Crippen molar-refractivity contribution in [3.63, 3.8) is 0 Å². The predicted octanol–water partition coefficient (Wildman–Crippen LogP) is 0.607. The van der Waals surface area contributed by atoms with Crippen LogP contribution in [0.4, 0.5) is 0 Å². The van der Waals surface area contributed by atoms with E-state index < -0.39 is 10.0 Å². The average molecular weight is 311 g/mol. The van der Waals surface area contributed by atoms with E-state index in [2.05, 4.69) is 5.32 Å². The molecule has 0 aliphatic carbocycles. The molecule has 1 atom stereocenters. The number of rotatable bonds is 4. The zero-order chi connectivity index (χ0) is 15.5. The monoisotopic (exact) mass is 311 g/mol. The van der Waals surface area contributed by atoms with E-state index in [9.17, 15) is 13.2 Å². The van der Waals surface area contributed by atoms with Gasteiger partial charge in [0, 0.05) is 32.1 Å². The Morgan fingerprint density at radius 1 is 1.38 bits per heavy atom. The number of hydrogen-bond acceptors (Lipinski definition) is 4. The van der Waals surface area contributed by atoms with Crippen LogP contribution in [0, 0.1) is 0 Å². The van der Waals surface area contributed by atoms with Crippen LogP contribution in [0.5, 0.6) is 0 Å². The third-order valence-corrected chi connectivity index (χ3v) is 5.53. The molecule has 1 fully saturated rings. The molecule has 2 rings (SSSR count). The number of nitrogens with zero attached hydrogens (tertiary/aromatic N) is 1. The topological polar surface area (TPSA) is 92.5 Å². The van der Waals surface area contributed by atoms with Crippen LogP contribution in [0.1, 0.15) is 31.4 Å². The molecule has 0 spiro atoms. The van der Waals surface area contributed by atoms with Gasteiger partial charge in [0.2, 0.25) is 15.9 Å². The highest BCUT2D eigenvalue weighted by atomic mass is 32.2. The summed E-state index contributed by atoms with van der Waals surface area (Å²) in [5, 5.41) is 2.67. The minimum atomic E-state index is -3.59. The van der Waals surface area contributed by atoms with Gasteiger partial charge in [0.25, 0.3) is 0 Å². The van der Waals surface area contributed by atoms with Gasteiger partial charge in [-0.05, 0) is 24.1 Å². The van der Waals surface area contributed by atoms with Crippen LogP contribution in [-0.2, 0) is 14.8 Å². The van der Waals surface area contributed by atoms with Crippen molar-refractivity contribution >= 4 is 15.9 Å². The first-order chi connectivity index (χ1) is 9.95. The average Bonchev–Trinajstić information content (AvgIpc) is 2.71. The SMILES string of the molecule is CCC(N)c1cccc(S(=O)(=O)N2CCNC(=O)CC2)c1. The van der Waals surface area contributed by atoms with Crippen LogP contribution < -0.4 is 11.1 Å². The molecule has 1 aromatic rings. The second-order valence-electron chi connectivity index (χ2n) is 5.09. The fourth-order valence-electron chi connectivity index (χ4n) is 2.28. The highest BCUT2D eigenvalue weighted by molar-refractivity contribution is 7.89. The smallest absolute Gasteiger partial charge is 0.243 e. The Morgan fingerprint density at radius 2 is 2.14 bits per heavy atom. The summed E-state index contributed by atoms with van der Waals surface area (Å²) in [7, 11) is -3.59. The van der Waals surface area contributed by atoms with E-state index in [4.69, 9.17) is 5.73 Å². The lowest BCUT2D eigenvalue weighted by Crippen LogP contribution is -2.34. The molecule has 0 saturated carbocycles. The summed E-state index contributed by atoms with van der Waals surface area (Å²) in [6, 6.07) is 6.57. The minimum Gasteiger partial charge on any atom is -0.355 e. The van der Waals surface area contributed by atoms with Crippen molar-refractivity contribution in [2.45, 2.75) is 30.7 Å². The fourth-order valence-corrected chi connectivity index (χ4v) is 3.77. The Kier molecular flexibility index (Phi) is 4.97. The number of carbonyl (C=O) groups is 1. The lowest BCUT2D eigenvalue weighted by Gasteiger charge is -2.20. The van der Waals surface area contributed by atoms with Crippen molar-refractivity contribution in [2.75, 3.05) is 19.6 Å². The molecular formula is C14H21N3O3S. The lowest BCUT2D eigenvalue weighted by atomic mass is 10.1. The second-order valence-corrected chi connectivity index (χ2v) is 7.03. The van der Waals surface area contributed by atoms with Gasteiger partial charge in [-0.3, -0.25) is 4.79 Å². The number of hydrogen-bond donors (Lipinski definition) is 2. The fraction of sp³-hybridized carbons (Fsp3) is 0.500. The summed E-state index contributed by atoms with van der Waals surface area (Å²) in [5.74, 6) is -0.116. The number of nitrogens with one attached hydrogen (secondary N) is 1. The van der Waals surface area contributed by atoms with E-state index >= 15 is 0 Å². The number of benzene rings is 1. The summed E-state index contributed by atoms with van der Waals surface area (Å²) < 4.78 is 26.7. The molecule has 7 heteroatoms. The predicted molar refractivity (Wildman–Crippen MR) is 80.0 cm³/mol. The zero-order valence-electron chi connectivity index (χ0n) is 12.1. The molecule has 1 aliphatic heterocycles. The van der Waals surface area contributed by atoms with Gasteiger partial charge in [-0.2, -0.15) is 4.31 Å². The Hall–Kier alpha value is -1.44. The number of carbonyl (C=O) groups excluding carboxylic acids is 1. The van der Waals surface area contributed by atoms with Crippen molar-refractivity contribution in [3.05, 3.63) is 29.8 Å². The van der Waals surface area contributed by atoms with Gasteiger partial charge in [0.1, 0.15) is 0 Å². The molecule has 1 amide bonds. The molecule has 6 nitrogen and oxygen atoms in total. The van der Waals surface area contributed by atoms with Crippen molar-refractivity contribution in [2.24, 2.45) is 5.73 Å². The van der Waals surface area contributed by atoms with Gasteiger partial charge >= 0.3 is 0 Å². The van der Waals surface area contributed by atoms with Gasteiger partial charge < -0.3 is 11.1 Å². The standard InChI is InChI=1S/C14H21N3O3S/c1-2-13(15)11-4-3-5-12(10-11)21(19,20)17-8-6-14(18)16-7-9-17/h3-5,10,13H,2,6-9,15H2,1H3,(H,16,18). The largest absolute Gasteiger partial charge is 0.355 e. The Balaban J connectivity index is 2.28. The summed E-state index contributed by atoms with van der Waals surface area (Å²) in [6.07, 6.45) is 0.930. The van der Waals surface area contributed by atoms with E-state index in [1.165, 1.54) is 4.31 Å². The van der Waals surface area contributed by atoms with Gasteiger partial charge in [-0.25, -0.2) is 8.42 Å². The van der Waals surface area contributed by atoms with Crippen molar-refractivity contribution in [1.29, 1.82) is 0 Å². The van der Waals surface area contributed by atoms with Crippen LogP contribution in [0.25, 0.3) is 0 Å². The first-order valence-electron chi connectivity index (χ1n) is 7.07. The summed E-state index contributed by atoms with van der Waals surface area (Å²) >= 11 is 0. The molecule has 1 saturated heterocycles. The van der Waals surface area contributed by atoms with Crippen LogP contribution in [0.2, 0.25) is 0 Å². The van der Waals surface area contributed by atoms with Crippen molar-refractivity contribution in [3.8, 4) is 0 Å². The van der Waals surface area contributed by atoms with Gasteiger partial charge in [0.15, 0.2) is 0 Å². The first kappa shape index (κ1) is 15.9. The highest BCUT2D eigenvalue weighted by Crippen LogP contribution is 2.21. The van der Waals surface area contributed by atoms with Crippen LogP contribution >= 0.6 is 0 Å². The van der Waals surface area contributed by atoms with Crippen LogP contribution in [0.3, 0.4) is 0 Å². The number of amides is 1. The van der Waals surface area contributed by atoms with Crippen LogP contribution in [-0.4, -0.2) is 38.3 Å². The second kappa shape index (κ2) is 6.55. The molecule has 0 bridgehead atoms. The molecule has 21 heavy (non-hydrogen) atoms. The van der Waals surface area contributed by atoms with Gasteiger partial charge in [0.05, 0.1) is 4.90 Å². The van der Waals surface area contributed by atoms with Crippen LogP contribution in [0.15, 0.2) is 29.2 Å². The van der Waals surface area contributed by atoms with Crippen molar-refractivity contribution < 1.29 is 13.2 Å². The van der Waals surface area contributed by atoms with E-state index in [-0.39, 0.29) is 36.4 Å². The Morgan fingerprint density at radius 3 is 2.86 bits per heavy atom. The Labute approximate surface area is 125 Å². The summed E-state index contributed by atoms with van der Waals surface area (Å²) in [4.78, 5) is 11.6. The molecule has 1 heterocycles. The van der Waals surface area contributed by atoms with E-state index in [1.54, 1.807) is 18.2 Å². The Bertz CT molecular complexity index is 616. The minimum absolute atomic E-state index is 0.116. The third-order valence-electron chi connectivity index (χ3n) is 3.64. The molecule has 116 valence electrons. The van der Waals surface area contributed by atoms with E-state index in [0.29, 0.717) is 6.54 Å². The number of nitrogens with two attached hydrogens (primary N) is 1. The number of sulfonamides is 1. The normalized spacial score (nSPS) is 18.9. The third kappa shape index (κ3) is 3.61. The quantitative estimate of drug-likeness (QED) is 0.852. The highest BCUT2D eigenvalue weighted by Gasteiger charge is 2.27. The maximum absolute atomic E-state index is 12.7. The van der Waals surface area contributed by atoms with E-state index in [0.717, 1.165) is 12.0 Å². The first-order valence-corrected chi connectivity index (χ1v) is 8.51. The summed E-state index contributed by atoms with van der Waals surface area (Å²) in [5.41, 5.74) is 6.77. The molecular weight excluding hydrogens is 290 g/mol. The summed E-state index contributed by atoms with van der Waals surface area (Å²) in [6.45, 7) is 2.79. The lowest BCUT2D eigenvalue weighted by molar-refractivity contribution is -0.120. The molecule has 1 aliphatic rings. The van der Waals surface area contributed by atoms with Crippen molar-refractivity contribution in [1.82, 2.24) is 9.62 Å². The molecule has 1 unspecified atom stereocenters. The molecule has 3 N–H and O–H groups in total. The molecule has 0 aromatic heterocycles. The van der Waals surface area contributed by atoms with Gasteiger partial charge in [-0.15, -0.1) is 0 Å². The van der Waals surface area contributed by atoms with Gasteiger partial charge in [-0.1, -0.05) is 19.1 Å². The van der Waals surface area contributed by atoms with E-state index in [1.807, 2.05) is 13.0 Å². The zero-order valence-corrected chi connectivity index (χ0v) is 12.9. The molecule has 0 radical (unpaired) electrons.